The number of hydrogen-bond donors (Lipinski definition) is 0. The van der Waals surface area contributed by atoms with Crippen LogP contribution in [-0.2, 0) is 17.8 Å². The Bertz CT molecular complexity index is 1270. The number of benzene rings is 2. The van der Waals surface area contributed by atoms with Gasteiger partial charge in [-0.3, -0.25) is 9.59 Å². The van der Waals surface area contributed by atoms with Crippen LogP contribution >= 0.6 is 15.9 Å². The Kier molecular flexibility index (Phi) is 6.65. The van der Waals surface area contributed by atoms with Crippen molar-refractivity contribution in [2.24, 2.45) is 0 Å². The maximum absolute atomic E-state index is 13.3. The Hall–Kier alpha value is -3.33. The van der Waals surface area contributed by atoms with Gasteiger partial charge in [0.1, 0.15) is 5.69 Å². The lowest BCUT2D eigenvalue weighted by molar-refractivity contribution is -0.132. The lowest BCUT2D eigenvalue weighted by atomic mass is 10.0. The molecule has 4 rings (SSSR count). The van der Waals surface area contributed by atoms with E-state index in [0.717, 1.165) is 15.6 Å². The number of halogens is 1. The molecule has 8 nitrogen and oxygen atoms in total. The van der Waals surface area contributed by atoms with Gasteiger partial charge < -0.3 is 19.1 Å². The average Bonchev–Trinajstić information content (AvgIpc) is 2.83. The molecule has 0 unspecified atom stereocenters. The summed E-state index contributed by atoms with van der Waals surface area (Å²) >= 11 is 3.41. The first-order chi connectivity index (χ1) is 16.2. The number of anilines is 1. The zero-order valence-corrected chi connectivity index (χ0v) is 21.1. The number of amides is 1. The summed E-state index contributed by atoms with van der Waals surface area (Å²) in [6, 6.07) is 13.3. The zero-order valence-electron chi connectivity index (χ0n) is 19.5. The van der Waals surface area contributed by atoms with Gasteiger partial charge in [-0.05, 0) is 55.7 Å². The maximum atomic E-state index is 13.3. The van der Waals surface area contributed by atoms with E-state index in [1.807, 2.05) is 42.5 Å². The van der Waals surface area contributed by atoms with Crippen LogP contribution in [0.5, 0.6) is 17.2 Å². The van der Waals surface area contributed by atoms with Crippen molar-refractivity contribution in [2.45, 2.75) is 32.4 Å². The quantitative estimate of drug-likeness (QED) is 0.464. The van der Waals surface area contributed by atoms with Gasteiger partial charge in [-0.15, -0.1) is 0 Å². The molecule has 0 saturated heterocycles. The highest BCUT2D eigenvalue weighted by molar-refractivity contribution is 9.10. The van der Waals surface area contributed by atoms with Crippen LogP contribution in [-0.4, -0.2) is 42.1 Å². The first-order valence-electron chi connectivity index (χ1n) is 10.8. The van der Waals surface area contributed by atoms with E-state index in [0.29, 0.717) is 36.7 Å². The zero-order chi connectivity index (χ0) is 24.5. The van der Waals surface area contributed by atoms with Gasteiger partial charge in [-0.25, -0.2) is 4.68 Å². The fourth-order valence-electron chi connectivity index (χ4n) is 3.86. The molecule has 0 saturated carbocycles. The number of aromatic nitrogens is 2. The molecule has 178 valence electrons. The van der Waals surface area contributed by atoms with Crippen LogP contribution in [0.3, 0.4) is 0 Å². The molecule has 0 atom stereocenters. The summed E-state index contributed by atoms with van der Waals surface area (Å²) in [4.78, 5) is 28.0. The summed E-state index contributed by atoms with van der Waals surface area (Å²) in [6.45, 7) is 3.98. The van der Waals surface area contributed by atoms with Crippen molar-refractivity contribution >= 4 is 27.5 Å². The van der Waals surface area contributed by atoms with Crippen molar-refractivity contribution in [3.63, 3.8) is 0 Å². The summed E-state index contributed by atoms with van der Waals surface area (Å²) in [6.07, 6.45) is 2.07. The van der Waals surface area contributed by atoms with Crippen molar-refractivity contribution in [3.05, 3.63) is 74.6 Å². The SMILES string of the molecule is COc1ccc(CCN2C(=O)C(C)(C)Oc3c2cnn(Cc2ccc(Br)cc2)c3=O)cc1OC. The number of methoxy groups -OCH3 is 2. The van der Waals surface area contributed by atoms with Gasteiger partial charge in [0.15, 0.2) is 17.1 Å². The molecule has 9 heteroatoms. The molecule has 2 aromatic carbocycles. The number of carbonyl (C=O) groups is 1. The molecule has 1 aliphatic rings. The lowest BCUT2D eigenvalue weighted by Crippen LogP contribution is -2.54. The first kappa shape index (κ1) is 23.8. The largest absolute Gasteiger partial charge is 0.493 e. The van der Waals surface area contributed by atoms with Crippen LogP contribution in [0, 0.1) is 0 Å². The third-order valence-corrected chi connectivity index (χ3v) is 6.24. The second kappa shape index (κ2) is 9.50. The molecule has 1 aromatic heterocycles. The monoisotopic (exact) mass is 527 g/mol. The van der Waals surface area contributed by atoms with Crippen molar-refractivity contribution in [3.8, 4) is 17.2 Å². The van der Waals surface area contributed by atoms with Crippen LogP contribution in [0.4, 0.5) is 5.69 Å². The molecule has 34 heavy (non-hydrogen) atoms. The molecule has 0 N–H and O–H groups in total. The number of ether oxygens (including phenoxy) is 3. The van der Waals surface area contributed by atoms with Crippen molar-refractivity contribution in [1.29, 1.82) is 0 Å². The Morgan fingerprint density at radius 3 is 2.35 bits per heavy atom. The van der Waals surface area contributed by atoms with E-state index in [-0.39, 0.29) is 17.2 Å². The Morgan fingerprint density at radius 2 is 1.68 bits per heavy atom. The average molecular weight is 528 g/mol. The predicted molar refractivity (Wildman–Crippen MR) is 132 cm³/mol. The second-order valence-corrected chi connectivity index (χ2v) is 9.37. The third-order valence-electron chi connectivity index (χ3n) is 5.71. The smallest absolute Gasteiger partial charge is 0.311 e. The van der Waals surface area contributed by atoms with Crippen molar-refractivity contribution < 1.29 is 19.0 Å². The molecule has 0 bridgehead atoms. The van der Waals surface area contributed by atoms with Crippen molar-refractivity contribution in [1.82, 2.24) is 9.78 Å². The van der Waals surface area contributed by atoms with E-state index in [1.54, 1.807) is 33.0 Å². The molecule has 1 amide bonds. The summed E-state index contributed by atoms with van der Waals surface area (Å²) in [5.41, 5.74) is 0.710. The number of rotatable bonds is 7. The maximum Gasteiger partial charge on any atom is 0.311 e. The Labute approximate surface area is 206 Å². The van der Waals surface area contributed by atoms with E-state index in [4.69, 9.17) is 14.2 Å². The number of nitrogens with zero attached hydrogens (tertiary/aromatic N) is 3. The van der Waals surface area contributed by atoms with Crippen molar-refractivity contribution in [2.75, 3.05) is 25.7 Å². The topological polar surface area (TPSA) is 82.9 Å². The predicted octanol–water partition coefficient (Wildman–Crippen LogP) is 3.82. The van der Waals surface area contributed by atoms with E-state index in [1.165, 1.54) is 10.9 Å². The summed E-state index contributed by atoms with van der Waals surface area (Å²) < 4.78 is 18.9. The highest BCUT2D eigenvalue weighted by Crippen LogP contribution is 2.35. The molecular formula is C25H26BrN3O5. The minimum absolute atomic E-state index is 0.129. The van der Waals surface area contributed by atoms with Crippen LogP contribution in [0.2, 0.25) is 0 Å². The molecular weight excluding hydrogens is 502 g/mol. The summed E-state index contributed by atoms with van der Waals surface area (Å²) in [7, 11) is 3.16. The Morgan fingerprint density at radius 1 is 1.00 bits per heavy atom. The summed E-state index contributed by atoms with van der Waals surface area (Å²) in [5.74, 6) is 1.15. The van der Waals surface area contributed by atoms with Crippen LogP contribution in [0.15, 0.2) is 57.9 Å². The van der Waals surface area contributed by atoms with Gasteiger partial charge in [-0.2, -0.15) is 5.10 Å². The second-order valence-electron chi connectivity index (χ2n) is 8.46. The van der Waals surface area contributed by atoms with E-state index < -0.39 is 5.60 Å². The molecule has 2 heterocycles. The van der Waals surface area contributed by atoms with Crippen LogP contribution in [0.1, 0.15) is 25.0 Å². The minimum Gasteiger partial charge on any atom is -0.493 e. The lowest BCUT2D eigenvalue weighted by Gasteiger charge is -2.38. The van der Waals surface area contributed by atoms with Gasteiger partial charge in [0.05, 0.1) is 27.0 Å². The van der Waals surface area contributed by atoms with Gasteiger partial charge in [0.25, 0.3) is 5.91 Å². The molecule has 0 fully saturated rings. The molecule has 1 aliphatic heterocycles. The summed E-state index contributed by atoms with van der Waals surface area (Å²) in [5, 5.41) is 4.33. The third kappa shape index (κ3) is 4.65. The van der Waals surface area contributed by atoms with Crippen LogP contribution in [0.25, 0.3) is 0 Å². The van der Waals surface area contributed by atoms with Gasteiger partial charge >= 0.3 is 5.56 Å². The highest BCUT2D eigenvalue weighted by Gasteiger charge is 2.42. The standard InChI is InChI=1S/C25H26BrN3O5/c1-25(2)24(31)28(12-11-16-7-10-20(32-3)21(13-16)33-4)19-14-27-29(23(30)22(19)34-25)15-17-5-8-18(26)9-6-17/h5-10,13-14H,11-12,15H2,1-4H3. The number of carbonyl (C=O) groups excluding carboxylic acids is 1. The van der Waals surface area contributed by atoms with Gasteiger partial charge in [0.2, 0.25) is 5.75 Å². The molecule has 0 radical (unpaired) electrons. The normalized spacial score (nSPS) is 14.4. The molecule has 0 aliphatic carbocycles. The fourth-order valence-corrected chi connectivity index (χ4v) is 4.12. The minimum atomic E-state index is -1.18. The van der Waals surface area contributed by atoms with Gasteiger partial charge in [0, 0.05) is 11.0 Å². The fraction of sp³-hybridized carbons (Fsp3) is 0.320. The van der Waals surface area contributed by atoms with Gasteiger partial charge in [-0.1, -0.05) is 34.1 Å². The Balaban J connectivity index is 1.63. The van der Waals surface area contributed by atoms with Crippen LogP contribution < -0.4 is 24.7 Å². The number of fused-ring (bicyclic) bond motifs is 1. The molecule has 3 aromatic rings. The number of hydrogen-bond acceptors (Lipinski definition) is 6. The van der Waals surface area contributed by atoms with E-state index in [9.17, 15) is 9.59 Å². The van der Waals surface area contributed by atoms with E-state index >= 15 is 0 Å². The van der Waals surface area contributed by atoms with E-state index in [2.05, 4.69) is 21.0 Å². The first-order valence-corrected chi connectivity index (χ1v) is 11.6. The molecule has 0 spiro atoms. The highest BCUT2D eigenvalue weighted by atomic mass is 79.9.